The Morgan fingerprint density at radius 1 is 1.33 bits per heavy atom. The van der Waals surface area contributed by atoms with Crippen LogP contribution in [-0.4, -0.2) is 41.4 Å². The minimum Gasteiger partial charge on any atom is -0.310 e. The van der Waals surface area contributed by atoms with Crippen LogP contribution in [0.15, 0.2) is 6.20 Å². The van der Waals surface area contributed by atoms with Gasteiger partial charge in [-0.05, 0) is 40.9 Å². The predicted molar refractivity (Wildman–Crippen MR) is 88.8 cm³/mol. The van der Waals surface area contributed by atoms with Crippen LogP contribution in [0.3, 0.4) is 0 Å². The molecule has 21 heavy (non-hydrogen) atoms. The highest BCUT2D eigenvalue weighted by atomic mass is 35.5. The van der Waals surface area contributed by atoms with Crippen molar-refractivity contribution in [1.82, 2.24) is 20.0 Å². The van der Waals surface area contributed by atoms with Crippen LogP contribution in [0.2, 0.25) is 5.02 Å². The van der Waals surface area contributed by atoms with Crippen LogP contribution in [0, 0.1) is 0 Å². The first kappa shape index (κ1) is 16.8. The number of halogens is 1. The van der Waals surface area contributed by atoms with Crippen molar-refractivity contribution in [2.24, 2.45) is 0 Å². The lowest BCUT2D eigenvalue weighted by molar-refractivity contribution is 0.0796. The van der Waals surface area contributed by atoms with Crippen molar-refractivity contribution in [3.8, 4) is 0 Å². The zero-order chi connectivity index (χ0) is 15.5. The molecule has 1 aliphatic carbocycles. The molecule has 0 radical (unpaired) electrons. The number of aryl methyl sites for hydroxylation is 1. The summed E-state index contributed by atoms with van der Waals surface area (Å²) in [4.78, 5) is 2.41. The number of nitrogens with one attached hydrogen (secondary N) is 1. The van der Waals surface area contributed by atoms with Gasteiger partial charge < -0.3 is 10.2 Å². The summed E-state index contributed by atoms with van der Waals surface area (Å²) in [5.41, 5.74) is 1.25. The second kappa shape index (κ2) is 7.12. The fourth-order valence-electron chi connectivity index (χ4n) is 3.91. The van der Waals surface area contributed by atoms with Crippen molar-refractivity contribution in [3.63, 3.8) is 0 Å². The zero-order valence-corrected chi connectivity index (χ0v) is 14.6. The number of hydrogen-bond donors (Lipinski definition) is 1. The van der Waals surface area contributed by atoms with Gasteiger partial charge in [-0.2, -0.15) is 5.10 Å². The van der Waals surface area contributed by atoms with Gasteiger partial charge in [-0.1, -0.05) is 37.3 Å². The van der Waals surface area contributed by atoms with Gasteiger partial charge in [0.15, 0.2) is 0 Å². The van der Waals surface area contributed by atoms with E-state index in [1.165, 1.54) is 38.5 Å². The molecule has 0 amide bonds. The number of rotatable bonds is 5. The summed E-state index contributed by atoms with van der Waals surface area (Å²) in [6.45, 7) is 2.97. The van der Waals surface area contributed by atoms with E-state index in [2.05, 4.69) is 36.3 Å². The van der Waals surface area contributed by atoms with Crippen molar-refractivity contribution < 1.29 is 0 Å². The first-order valence-electron chi connectivity index (χ1n) is 8.12. The smallest absolute Gasteiger partial charge is 0.0834 e. The molecule has 0 bridgehead atoms. The molecule has 0 aliphatic heterocycles. The number of aromatic nitrogens is 2. The van der Waals surface area contributed by atoms with Gasteiger partial charge in [0, 0.05) is 12.1 Å². The maximum absolute atomic E-state index is 6.48. The molecule has 4 nitrogen and oxygen atoms in total. The summed E-state index contributed by atoms with van der Waals surface area (Å²) < 4.78 is 2.04. The molecular formula is C16H29ClN4. The largest absolute Gasteiger partial charge is 0.310 e. The molecule has 1 aliphatic rings. The van der Waals surface area contributed by atoms with E-state index in [1.807, 2.05) is 11.7 Å². The number of nitrogens with zero attached hydrogens (tertiary/aromatic N) is 3. The summed E-state index contributed by atoms with van der Waals surface area (Å²) in [5.74, 6) is 0. The highest BCUT2D eigenvalue weighted by Gasteiger charge is 2.43. The number of hydrogen-bond acceptors (Lipinski definition) is 3. The zero-order valence-electron chi connectivity index (χ0n) is 13.8. The minimum absolute atomic E-state index is 0.113. The van der Waals surface area contributed by atoms with E-state index in [-0.39, 0.29) is 11.6 Å². The Hall–Kier alpha value is -0.580. The molecule has 0 spiro atoms. The van der Waals surface area contributed by atoms with Gasteiger partial charge in [0.1, 0.15) is 0 Å². The van der Waals surface area contributed by atoms with Gasteiger partial charge in [0.2, 0.25) is 0 Å². The SMILES string of the molecule is CCn1ncc(Cl)c1C(NC)C1(N(C)C)CCCCCC1. The third-order valence-electron chi connectivity index (χ3n) is 5.09. The Kier molecular flexibility index (Phi) is 5.69. The van der Waals surface area contributed by atoms with Gasteiger partial charge in [0.25, 0.3) is 0 Å². The van der Waals surface area contributed by atoms with E-state index >= 15 is 0 Å². The van der Waals surface area contributed by atoms with Crippen LogP contribution in [0.4, 0.5) is 0 Å². The molecule has 1 saturated carbocycles. The van der Waals surface area contributed by atoms with E-state index in [9.17, 15) is 0 Å². The second-order valence-electron chi connectivity index (χ2n) is 6.33. The average Bonchev–Trinajstić information content (AvgIpc) is 2.68. The van der Waals surface area contributed by atoms with Crippen LogP contribution in [0.25, 0.3) is 0 Å². The second-order valence-corrected chi connectivity index (χ2v) is 6.73. The molecular weight excluding hydrogens is 284 g/mol. The summed E-state index contributed by atoms with van der Waals surface area (Å²) in [6, 6.07) is 0.209. The van der Waals surface area contributed by atoms with E-state index < -0.39 is 0 Å². The van der Waals surface area contributed by atoms with Crippen LogP contribution >= 0.6 is 11.6 Å². The first-order chi connectivity index (χ1) is 10.1. The van der Waals surface area contributed by atoms with Crippen LogP contribution in [-0.2, 0) is 6.54 Å². The van der Waals surface area contributed by atoms with Crippen LogP contribution in [0.1, 0.15) is 57.2 Å². The molecule has 0 saturated heterocycles. The Bertz CT molecular complexity index is 447. The third kappa shape index (κ3) is 3.13. The van der Waals surface area contributed by atoms with Crippen molar-refractivity contribution in [1.29, 1.82) is 0 Å². The Balaban J connectivity index is 2.46. The van der Waals surface area contributed by atoms with Gasteiger partial charge in [-0.3, -0.25) is 4.68 Å². The summed E-state index contributed by atoms with van der Waals surface area (Å²) in [7, 11) is 6.45. The fourth-order valence-corrected chi connectivity index (χ4v) is 4.16. The molecule has 1 N–H and O–H groups in total. The average molecular weight is 313 g/mol. The minimum atomic E-state index is 0.113. The molecule has 120 valence electrons. The fraction of sp³-hybridized carbons (Fsp3) is 0.812. The van der Waals surface area contributed by atoms with Crippen molar-refractivity contribution >= 4 is 11.6 Å². The summed E-state index contributed by atoms with van der Waals surface area (Å²) in [5, 5.41) is 8.77. The van der Waals surface area contributed by atoms with E-state index in [0.717, 1.165) is 17.3 Å². The number of likely N-dealkylation sites (N-methyl/N-ethyl adjacent to an activating group) is 2. The third-order valence-corrected chi connectivity index (χ3v) is 5.38. The van der Waals surface area contributed by atoms with Gasteiger partial charge in [0.05, 0.1) is 23.0 Å². The van der Waals surface area contributed by atoms with Crippen LogP contribution < -0.4 is 5.32 Å². The van der Waals surface area contributed by atoms with E-state index in [4.69, 9.17) is 11.6 Å². The molecule has 1 fully saturated rings. The predicted octanol–water partition coefficient (Wildman–Crippen LogP) is 3.47. The van der Waals surface area contributed by atoms with Gasteiger partial charge >= 0.3 is 0 Å². The van der Waals surface area contributed by atoms with Gasteiger partial charge in [-0.15, -0.1) is 0 Å². The standard InChI is InChI=1S/C16H29ClN4/c1-5-21-14(13(17)12-19-21)15(18-2)16(20(3)4)10-8-6-7-9-11-16/h12,15,18H,5-11H2,1-4H3. The summed E-state index contributed by atoms with van der Waals surface area (Å²) >= 11 is 6.48. The highest BCUT2D eigenvalue weighted by Crippen LogP contribution is 2.42. The van der Waals surface area contributed by atoms with E-state index in [1.54, 1.807) is 6.20 Å². The molecule has 1 atom stereocenters. The Morgan fingerprint density at radius 3 is 2.43 bits per heavy atom. The van der Waals surface area contributed by atoms with Gasteiger partial charge in [-0.25, -0.2) is 0 Å². The lowest BCUT2D eigenvalue weighted by Crippen LogP contribution is -2.53. The Morgan fingerprint density at radius 2 is 1.95 bits per heavy atom. The molecule has 1 aromatic heterocycles. The molecule has 0 aromatic carbocycles. The molecule has 1 aromatic rings. The molecule has 5 heteroatoms. The van der Waals surface area contributed by atoms with Crippen molar-refractivity contribution in [2.75, 3.05) is 21.1 Å². The van der Waals surface area contributed by atoms with Crippen molar-refractivity contribution in [2.45, 2.75) is 63.6 Å². The first-order valence-corrected chi connectivity index (χ1v) is 8.50. The Labute approximate surface area is 133 Å². The lowest BCUT2D eigenvalue weighted by Gasteiger charge is -2.46. The molecule has 1 unspecified atom stereocenters. The molecule has 2 rings (SSSR count). The molecule has 1 heterocycles. The quantitative estimate of drug-likeness (QED) is 0.845. The summed E-state index contributed by atoms with van der Waals surface area (Å²) in [6.07, 6.45) is 9.44. The van der Waals surface area contributed by atoms with Crippen molar-refractivity contribution in [3.05, 3.63) is 16.9 Å². The monoisotopic (exact) mass is 312 g/mol. The maximum atomic E-state index is 6.48. The van der Waals surface area contributed by atoms with Crippen LogP contribution in [0.5, 0.6) is 0 Å². The normalized spacial score (nSPS) is 20.5. The maximum Gasteiger partial charge on any atom is 0.0834 e. The lowest BCUT2D eigenvalue weighted by atomic mass is 9.79. The van der Waals surface area contributed by atoms with E-state index in [0.29, 0.717) is 0 Å². The highest BCUT2D eigenvalue weighted by molar-refractivity contribution is 6.31. The topological polar surface area (TPSA) is 33.1 Å².